The van der Waals surface area contributed by atoms with Crippen LogP contribution in [0.1, 0.15) is 20.8 Å². The highest BCUT2D eigenvalue weighted by Crippen LogP contribution is 2.03. The van der Waals surface area contributed by atoms with Crippen molar-refractivity contribution >= 4 is 5.97 Å². The monoisotopic (exact) mass is 229 g/mol. The topological polar surface area (TPSA) is 47.6 Å². The van der Waals surface area contributed by atoms with Crippen LogP contribution in [0, 0.1) is 5.92 Å². The van der Waals surface area contributed by atoms with Gasteiger partial charge in [-0.2, -0.15) is 0 Å². The summed E-state index contributed by atoms with van der Waals surface area (Å²) in [5, 5.41) is 3.22. The number of hydrogen-bond donors (Lipinski definition) is 1. The number of hydrogen-bond acceptors (Lipinski definition) is 4. The van der Waals surface area contributed by atoms with E-state index in [4.69, 9.17) is 4.74 Å². The van der Waals surface area contributed by atoms with E-state index in [9.17, 15) is 4.79 Å². The third kappa shape index (κ3) is 6.58. The van der Waals surface area contributed by atoms with Gasteiger partial charge in [0.25, 0.3) is 0 Å². The molecular formula is C12H23NO3. The molecule has 1 N–H and O–H groups in total. The molecule has 0 bridgehead atoms. The molecule has 0 rings (SSSR count). The summed E-state index contributed by atoms with van der Waals surface area (Å²) in [5.74, 6) is -0.339. The van der Waals surface area contributed by atoms with E-state index in [2.05, 4.69) is 16.6 Å². The van der Waals surface area contributed by atoms with Crippen LogP contribution in [0.4, 0.5) is 0 Å². The van der Waals surface area contributed by atoms with Gasteiger partial charge < -0.3 is 14.8 Å². The van der Waals surface area contributed by atoms with E-state index in [1.54, 1.807) is 0 Å². The molecule has 0 fully saturated rings. The van der Waals surface area contributed by atoms with Crippen LogP contribution in [0.15, 0.2) is 12.2 Å². The fraction of sp³-hybridized carbons (Fsp3) is 0.750. The minimum absolute atomic E-state index is 0.0841. The van der Waals surface area contributed by atoms with E-state index in [0.29, 0.717) is 13.2 Å². The molecule has 2 atom stereocenters. The predicted octanol–water partition coefficient (Wildman–Crippen LogP) is 1.37. The Morgan fingerprint density at radius 2 is 2.06 bits per heavy atom. The van der Waals surface area contributed by atoms with Crippen molar-refractivity contribution in [1.29, 1.82) is 0 Å². The molecule has 0 saturated carbocycles. The van der Waals surface area contributed by atoms with Crippen molar-refractivity contribution in [2.75, 3.05) is 26.9 Å². The van der Waals surface area contributed by atoms with Gasteiger partial charge >= 0.3 is 5.97 Å². The van der Waals surface area contributed by atoms with Crippen LogP contribution in [0.3, 0.4) is 0 Å². The first kappa shape index (κ1) is 15.1. The average molecular weight is 229 g/mol. The Labute approximate surface area is 98.0 Å². The average Bonchev–Trinajstić information content (AvgIpc) is 2.25. The first-order valence-corrected chi connectivity index (χ1v) is 5.52. The lowest BCUT2D eigenvalue weighted by molar-refractivity contribution is -0.145. The van der Waals surface area contributed by atoms with E-state index < -0.39 is 0 Å². The van der Waals surface area contributed by atoms with E-state index in [1.807, 2.05) is 20.8 Å². The summed E-state index contributed by atoms with van der Waals surface area (Å²) >= 11 is 0. The van der Waals surface area contributed by atoms with Crippen LogP contribution in [0.2, 0.25) is 0 Å². The Balaban J connectivity index is 3.60. The van der Waals surface area contributed by atoms with Crippen LogP contribution in [0.25, 0.3) is 0 Å². The molecule has 2 unspecified atom stereocenters. The van der Waals surface area contributed by atoms with Gasteiger partial charge in [0.1, 0.15) is 0 Å². The maximum Gasteiger partial charge on any atom is 0.309 e. The van der Waals surface area contributed by atoms with Gasteiger partial charge in [-0.3, -0.25) is 4.79 Å². The first-order chi connectivity index (χ1) is 7.49. The smallest absolute Gasteiger partial charge is 0.309 e. The molecule has 0 aromatic rings. The molecule has 4 heteroatoms. The van der Waals surface area contributed by atoms with Crippen molar-refractivity contribution in [1.82, 2.24) is 5.32 Å². The zero-order chi connectivity index (χ0) is 12.6. The number of carbonyl (C=O) groups is 1. The molecule has 4 nitrogen and oxygen atoms in total. The van der Waals surface area contributed by atoms with Crippen molar-refractivity contribution in [3.05, 3.63) is 12.2 Å². The number of esters is 1. The lowest BCUT2D eigenvalue weighted by Crippen LogP contribution is -2.38. The summed E-state index contributed by atoms with van der Waals surface area (Å²) in [6.45, 7) is 11.4. The maximum absolute atomic E-state index is 11.2. The number of rotatable bonds is 8. The maximum atomic E-state index is 11.2. The summed E-state index contributed by atoms with van der Waals surface area (Å²) in [7, 11) is 1.40. The van der Waals surface area contributed by atoms with E-state index in [-0.39, 0.29) is 17.9 Å². The first-order valence-electron chi connectivity index (χ1n) is 5.52. The molecule has 0 aromatic heterocycles. The summed E-state index contributed by atoms with van der Waals surface area (Å²) in [6.07, 6.45) is 0. The van der Waals surface area contributed by atoms with Crippen molar-refractivity contribution in [2.24, 2.45) is 5.92 Å². The minimum atomic E-state index is -0.192. The molecule has 16 heavy (non-hydrogen) atoms. The van der Waals surface area contributed by atoms with Gasteiger partial charge in [0, 0.05) is 12.6 Å². The molecule has 0 saturated heterocycles. The Bertz CT molecular complexity index is 228. The summed E-state index contributed by atoms with van der Waals surface area (Å²) in [6, 6.07) is 0.0841. The third-order valence-corrected chi connectivity index (χ3v) is 2.38. The van der Waals surface area contributed by atoms with Gasteiger partial charge in [0.05, 0.1) is 26.2 Å². The Morgan fingerprint density at radius 3 is 2.56 bits per heavy atom. The van der Waals surface area contributed by atoms with Crippen LogP contribution in [0.5, 0.6) is 0 Å². The Kier molecular flexibility index (Phi) is 7.85. The van der Waals surface area contributed by atoms with Gasteiger partial charge in [-0.25, -0.2) is 0 Å². The van der Waals surface area contributed by atoms with Gasteiger partial charge in [-0.15, -0.1) is 0 Å². The van der Waals surface area contributed by atoms with Crippen LogP contribution in [-0.2, 0) is 14.3 Å². The van der Waals surface area contributed by atoms with Gasteiger partial charge in [-0.1, -0.05) is 19.1 Å². The molecule has 0 amide bonds. The number of nitrogens with one attached hydrogen (secondary N) is 1. The van der Waals surface area contributed by atoms with Gasteiger partial charge in [0.2, 0.25) is 0 Å². The second kappa shape index (κ2) is 8.30. The lowest BCUT2D eigenvalue weighted by Gasteiger charge is -2.19. The standard InChI is InChI=1S/C12H23NO3/c1-9(2)8-16-7-6-13-11(4)10(3)12(14)15-5/h10-11,13H,1,6-8H2,2-5H3. The largest absolute Gasteiger partial charge is 0.469 e. The number of methoxy groups -OCH3 is 1. The second-order valence-corrected chi connectivity index (χ2v) is 4.06. The summed E-state index contributed by atoms with van der Waals surface area (Å²) in [4.78, 5) is 11.2. The Hall–Kier alpha value is -0.870. The van der Waals surface area contributed by atoms with Crippen molar-refractivity contribution in [3.8, 4) is 0 Å². The van der Waals surface area contributed by atoms with Crippen molar-refractivity contribution < 1.29 is 14.3 Å². The molecule has 0 aromatic carbocycles. The molecule has 0 heterocycles. The van der Waals surface area contributed by atoms with Gasteiger partial charge in [0.15, 0.2) is 0 Å². The summed E-state index contributed by atoms with van der Waals surface area (Å²) in [5.41, 5.74) is 1.01. The molecule has 0 aliphatic heterocycles. The SMILES string of the molecule is C=C(C)COCCNC(C)C(C)C(=O)OC. The van der Waals surface area contributed by atoms with E-state index >= 15 is 0 Å². The third-order valence-electron chi connectivity index (χ3n) is 2.38. The van der Waals surface area contributed by atoms with Gasteiger partial charge in [-0.05, 0) is 13.8 Å². The van der Waals surface area contributed by atoms with Crippen molar-refractivity contribution in [3.63, 3.8) is 0 Å². The van der Waals surface area contributed by atoms with Crippen LogP contribution >= 0.6 is 0 Å². The second-order valence-electron chi connectivity index (χ2n) is 4.06. The molecule has 0 aliphatic carbocycles. The highest BCUT2D eigenvalue weighted by molar-refractivity contribution is 5.72. The van der Waals surface area contributed by atoms with Crippen LogP contribution in [-0.4, -0.2) is 38.9 Å². The highest BCUT2D eigenvalue weighted by Gasteiger charge is 2.19. The molecular weight excluding hydrogens is 206 g/mol. The molecule has 0 aliphatic rings. The van der Waals surface area contributed by atoms with E-state index in [1.165, 1.54) is 7.11 Å². The highest BCUT2D eigenvalue weighted by atomic mass is 16.5. The summed E-state index contributed by atoms with van der Waals surface area (Å²) < 4.78 is 10.0. The van der Waals surface area contributed by atoms with Crippen molar-refractivity contribution in [2.45, 2.75) is 26.8 Å². The normalized spacial score (nSPS) is 14.2. The number of ether oxygens (including phenoxy) is 2. The zero-order valence-electron chi connectivity index (χ0n) is 10.7. The molecule has 0 spiro atoms. The quantitative estimate of drug-likeness (QED) is 0.388. The molecule has 0 radical (unpaired) electrons. The minimum Gasteiger partial charge on any atom is -0.469 e. The lowest BCUT2D eigenvalue weighted by atomic mass is 10.0. The van der Waals surface area contributed by atoms with E-state index in [0.717, 1.165) is 12.1 Å². The number of carbonyl (C=O) groups excluding carboxylic acids is 1. The predicted molar refractivity (Wildman–Crippen MR) is 64.3 cm³/mol. The fourth-order valence-electron chi connectivity index (χ4n) is 1.17. The van der Waals surface area contributed by atoms with Crippen LogP contribution < -0.4 is 5.32 Å². The zero-order valence-corrected chi connectivity index (χ0v) is 10.7. The molecule has 94 valence electrons. The fourth-order valence-corrected chi connectivity index (χ4v) is 1.17. The Morgan fingerprint density at radius 1 is 1.44 bits per heavy atom.